The van der Waals surface area contributed by atoms with Crippen molar-refractivity contribution in [1.29, 1.82) is 0 Å². The summed E-state index contributed by atoms with van der Waals surface area (Å²) in [5.41, 5.74) is 2.33. The van der Waals surface area contributed by atoms with Gasteiger partial charge in [-0.05, 0) is 49.3 Å². The SMILES string of the molecule is CC(C)N=c1scc(-c2cccc3ccccc23)n1N=CC1CC2C=CC1C2. The average Bonchev–Trinajstić information content (AvgIpc) is 3.41. The molecule has 0 radical (unpaired) electrons. The molecule has 28 heavy (non-hydrogen) atoms. The van der Waals surface area contributed by atoms with Crippen molar-refractivity contribution in [3.8, 4) is 11.3 Å². The third-order valence-electron chi connectivity index (χ3n) is 5.82. The van der Waals surface area contributed by atoms with Crippen LogP contribution in [-0.2, 0) is 0 Å². The minimum absolute atomic E-state index is 0.242. The van der Waals surface area contributed by atoms with Gasteiger partial charge in [0, 0.05) is 29.1 Å². The van der Waals surface area contributed by atoms with Crippen LogP contribution < -0.4 is 4.80 Å². The first-order chi connectivity index (χ1) is 13.7. The van der Waals surface area contributed by atoms with Crippen LogP contribution in [0.15, 0.2) is 70.1 Å². The largest absolute Gasteiger partial charge is 0.255 e. The molecule has 0 spiro atoms. The maximum atomic E-state index is 4.98. The van der Waals surface area contributed by atoms with E-state index in [1.807, 2.05) is 0 Å². The van der Waals surface area contributed by atoms with Crippen molar-refractivity contribution in [2.75, 3.05) is 0 Å². The van der Waals surface area contributed by atoms with Gasteiger partial charge in [-0.3, -0.25) is 4.99 Å². The zero-order chi connectivity index (χ0) is 19.1. The Kier molecular flexibility index (Phi) is 4.52. The molecular formula is C24H25N3S. The molecule has 142 valence electrons. The number of hydrogen-bond donors (Lipinski definition) is 0. The highest BCUT2D eigenvalue weighted by atomic mass is 32.1. The molecule has 1 aromatic heterocycles. The minimum Gasteiger partial charge on any atom is -0.255 e. The molecule has 1 fully saturated rings. The normalized spacial score (nSPS) is 24.4. The van der Waals surface area contributed by atoms with E-state index in [4.69, 9.17) is 10.1 Å². The second-order valence-corrected chi connectivity index (χ2v) is 9.01. The van der Waals surface area contributed by atoms with Gasteiger partial charge >= 0.3 is 0 Å². The molecule has 2 aromatic carbocycles. The predicted molar refractivity (Wildman–Crippen MR) is 119 cm³/mol. The maximum absolute atomic E-state index is 4.98. The minimum atomic E-state index is 0.242. The van der Waals surface area contributed by atoms with Crippen LogP contribution in [0.25, 0.3) is 22.0 Å². The van der Waals surface area contributed by atoms with E-state index in [1.54, 1.807) is 11.3 Å². The van der Waals surface area contributed by atoms with E-state index >= 15 is 0 Å². The zero-order valence-electron chi connectivity index (χ0n) is 16.3. The van der Waals surface area contributed by atoms with Crippen molar-refractivity contribution in [2.45, 2.75) is 32.7 Å². The van der Waals surface area contributed by atoms with Gasteiger partial charge in [0.15, 0.2) is 0 Å². The lowest BCUT2D eigenvalue weighted by molar-refractivity contribution is 0.589. The number of benzene rings is 2. The summed E-state index contributed by atoms with van der Waals surface area (Å²) in [4.78, 5) is 5.80. The second kappa shape index (κ2) is 7.17. The third-order valence-corrected chi connectivity index (χ3v) is 6.65. The summed E-state index contributed by atoms with van der Waals surface area (Å²) in [6, 6.07) is 15.3. The molecule has 0 saturated heterocycles. The molecule has 2 bridgehead atoms. The van der Waals surface area contributed by atoms with E-state index in [9.17, 15) is 0 Å². The van der Waals surface area contributed by atoms with Gasteiger partial charge in [0.2, 0.25) is 4.80 Å². The Bertz CT molecular complexity index is 1130. The quantitative estimate of drug-likeness (QED) is 0.404. The van der Waals surface area contributed by atoms with Gasteiger partial charge < -0.3 is 0 Å². The fraction of sp³-hybridized carbons (Fsp3) is 0.333. The first-order valence-corrected chi connectivity index (χ1v) is 11.0. The Morgan fingerprint density at radius 3 is 2.71 bits per heavy atom. The molecule has 3 nitrogen and oxygen atoms in total. The number of rotatable bonds is 4. The molecule has 0 aliphatic heterocycles. The Hall–Kier alpha value is -2.46. The molecule has 1 saturated carbocycles. The van der Waals surface area contributed by atoms with Gasteiger partial charge in [0.05, 0.1) is 5.69 Å². The van der Waals surface area contributed by atoms with Crippen LogP contribution in [0.1, 0.15) is 26.7 Å². The van der Waals surface area contributed by atoms with Crippen molar-refractivity contribution in [1.82, 2.24) is 4.68 Å². The fourth-order valence-electron chi connectivity index (χ4n) is 4.50. The molecule has 3 unspecified atom stereocenters. The zero-order valence-corrected chi connectivity index (χ0v) is 17.1. The number of thiazole rings is 1. The van der Waals surface area contributed by atoms with Crippen LogP contribution in [0.5, 0.6) is 0 Å². The van der Waals surface area contributed by atoms with Crippen molar-refractivity contribution in [2.24, 2.45) is 27.8 Å². The lowest BCUT2D eigenvalue weighted by Crippen LogP contribution is -2.16. The van der Waals surface area contributed by atoms with Crippen LogP contribution in [0.4, 0.5) is 0 Å². The summed E-state index contributed by atoms with van der Waals surface area (Å²) in [6.45, 7) is 4.23. The third kappa shape index (κ3) is 3.16. The van der Waals surface area contributed by atoms with Crippen LogP contribution in [-0.4, -0.2) is 16.9 Å². The van der Waals surface area contributed by atoms with Gasteiger partial charge in [-0.15, -0.1) is 11.3 Å². The monoisotopic (exact) mass is 387 g/mol. The summed E-state index contributed by atoms with van der Waals surface area (Å²) < 4.78 is 2.06. The smallest absolute Gasteiger partial charge is 0.206 e. The topological polar surface area (TPSA) is 29.6 Å². The molecule has 0 N–H and O–H groups in total. The second-order valence-electron chi connectivity index (χ2n) is 8.17. The first kappa shape index (κ1) is 17.6. The lowest BCUT2D eigenvalue weighted by Gasteiger charge is -2.13. The molecule has 4 heteroatoms. The molecule has 0 amide bonds. The van der Waals surface area contributed by atoms with Gasteiger partial charge in [-0.2, -0.15) is 5.10 Å². The molecule has 1 heterocycles. The van der Waals surface area contributed by atoms with Crippen molar-refractivity contribution in [3.63, 3.8) is 0 Å². The van der Waals surface area contributed by atoms with Gasteiger partial charge in [0.1, 0.15) is 0 Å². The summed E-state index contributed by atoms with van der Waals surface area (Å²) in [5, 5.41) is 9.68. The maximum Gasteiger partial charge on any atom is 0.206 e. The standard InChI is InChI=1S/C24H25N3S/c1-16(2)26-24-27(25-14-20-13-17-10-11-19(20)12-17)23(15-28-24)22-9-5-7-18-6-3-4-8-21(18)22/h3-11,14-17,19-20H,12-13H2,1-2H3. The Morgan fingerprint density at radius 1 is 1.07 bits per heavy atom. The highest BCUT2D eigenvalue weighted by Gasteiger charge is 2.34. The van der Waals surface area contributed by atoms with E-state index in [0.717, 1.165) is 16.4 Å². The van der Waals surface area contributed by atoms with Crippen molar-refractivity contribution < 1.29 is 0 Å². The number of allylic oxidation sites excluding steroid dienone is 2. The van der Waals surface area contributed by atoms with Crippen LogP contribution >= 0.6 is 11.3 Å². The van der Waals surface area contributed by atoms with Crippen LogP contribution in [0, 0.1) is 17.8 Å². The highest BCUT2D eigenvalue weighted by Crippen LogP contribution is 2.42. The van der Waals surface area contributed by atoms with E-state index in [2.05, 4.69) is 84.7 Å². The number of fused-ring (bicyclic) bond motifs is 3. The summed E-state index contributed by atoms with van der Waals surface area (Å²) in [5.74, 6) is 1.97. The predicted octanol–water partition coefficient (Wildman–Crippen LogP) is 5.73. The molecule has 2 aliphatic carbocycles. The van der Waals surface area contributed by atoms with E-state index < -0.39 is 0 Å². The van der Waals surface area contributed by atoms with Crippen molar-refractivity contribution >= 4 is 28.3 Å². The van der Waals surface area contributed by atoms with Gasteiger partial charge in [-0.1, -0.05) is 54.6 Å². The number of aromatic nitrogens is 1. The Labute approximate surface area is 169 Å². The number of hydrogen-bond acceptors (Lipinski definition) is 3. The van der Waals surface area contributed by atoms with Gasteiger partial charge in [-0.25, -0.2) is 4.68 Å². The molecular weight excluding hydrogens is 362 g/mol. The molecule has 3 aromatic rings. The number of nitrogens with zero attached hydrogens (tertiary/aromatic N) is 3. The molecule has 2 aliphatic rings. The Balaban J connectivity index is 1.62. The Morgan fingerprint density at radius 2 is 1.93 bits per heavy atom. The first-order valence-electron chi connectivity index (χ1n) is 10.1. The van der Waals surface area contributed by atoms with Crippen LogP contribution in [0.2, 0.25) is 0 Å². The summed E-state index contributed by atoms with van der Waals surface area (Å²) in [7, 11) is 0. The van der Waals surface area contributed by atoms with Gasteiger partial charge in [0.25, 0.3) is 0 Å². The lowest BCUT2D eigenvalue weighted by atomic mass is 9.95. The molecule has 5 rings (SSSR count). The van der Waals surface area contributed by atoms with Crippen molar-refractivity contribution in [3.05, 3.63) is 64.8 Å². The summed E-state index contributed by atoms with van der Waals surface area (Å²) in [6.07, 6.45) is 9.47. The summed E-state index contributed by atoms with van der Waals surface area (Å²) >= 11 is 1.67. The van der Waals surface area contributed by atoms with Crippen LogP contribution in [0.3, 0.4) is 0 Å². The fourth-order valence-corrected chi connectivity index (χ4v) is 5.46. The van der Waals surface area contributed by atoms with E-state index in [1.165, 1.54) is 29.2 Å². The molecule has 3 atom stereocenters. The highest BCUT2D eigenvalue weighted by molar-refractivity contribution is 7.07. The van der Waals surface area contributed by atoms with E-state index in [0.29, 0.717) is 11.8 Å². The van der Waals surface area contributed by atoms with E-state index in [-0.39, 0.29) is 6.04 Å². The average molecular weight is 388 g/mol.